The van der Waals surface area contributed by atoms with Crippen molar-refractivity contribution >= 4 is 21.6 Å². The molecule has 0 spiro atoms. The van der Waals surface area contributed by atoms with Gasteiger partial charge in [-0.3, -0.25) is 4.79 Å². The largest absolute Gasteiger partial charge is 0.325 e. The summed E-state index contributed by atoms with van der Waals surface area (Å²) in [6, 6.07) is 9.21. The summed E-state index contributed by atoms with van der Waals surface area (Å²) in [6.07, 6.45) is 3.16. The standard InChI is InChI=1S/C18H19FN2O3S/c1-12(21-25(23,24)17-9-6-15(19)7-10-17)18(22)20-16-8-5-13-3-2-4-14(13)11-16/h5-12,21H,2-4H2,1H3,(H,20,22)/t12-/m0/s1. The van der Waals surface area contributed by atoms with Crippen molar-refractivity contribution in [2.45, 2.75) is 37.1 Å². The number of aryl methyl sites for hydroxylation is 2. The maximum atomic E-state index is 12.9. The highest BCUT2D eigenvalue weighted by Crippen LogP contribution is 2.25. The molecule has 0 heterocycles. The van der Waals surface area contributed by atoms with Gasteiger partial charge in [0.2, 0.25) is 15.9 Å². The van der Waals surface area contributed by atoms with Crippen molar-refractivity contribution in [1.29, 1.82) is 0 Å². The molecule has 2 N–H and O–H groups in total. The lowest BCUT2D eigenvalue weighted by molar-refractivity contribution is -0.117. The molecular weight excluding hydrogens is 343 g/mol. The van der Waals surface area contributed by atoms with Gasteiger partial charge in [0.1, 0.15) is 5.82 Å². The van der Waals surface area contributed by atoms with E-state index >= 15 is 0 Å². The third-order valence-electron chi connectivity index (χ3n) is 4.22. The molecule has 132 valence electrons. The Morgan fingerprint density at radius 2 is 1.76 bits per heavy atom. The van der Waals surface area contributed by atoms with Crippen molar-refractivity contribution in [2.75, 3.05) is 5.32 Å². The van der Waals surface area contributed by atoms with Crippen LogP contribution in [0.2, 0.25) is 0 Å². The van der Waals surface area contributed by atoms with Gasteiger partial charge in [0.15, 0.2) is 0 Å². The molecule has 2 aromatic carbocycles. The van der Waals surface area contributed by atoms with E-state index in [1.807, 2.05) is 18.2 Å². The van der Waals surface area contributed by atoms with Crippen LogP contribution < -0.4 is 10.0 Å². The van der Waals surface area contributed by atoms with Crippen LogP contribution in [-0.4, -0.2) is 20.4 Å². The maximum Gasteiger partial charge on any atom is 0.242 e. The van der Waals surface area contributed by atoms with E-state index in [-0.39, 0.29) is 4.90 Å². The van der Waals surface area contributed by atoms with Crippen molar-refractivity contribution in [2.24, 2.45) is 0 Å². The molecule has 1 aliphatic rings. The number of benzene rings is 2. The summed E-state index contributed by atoms with van der Waals surface area (Å²) in [5, 5.41) is 2.73. The maximum absolute atomic E-state index is 12.9. The number of nitrogens with one attached hydrogen (secondary N) is 2. The monoisotopic (exact) mass is 362 g/mol. The molecule has 3 rings (SSSR count). The number of rotatable bonds is 5. The Hall–Kier alpha value is -2.25. The average molecular weight is 362 g/mol. The smallest absolute Gasteiger partial charge is 0.242 e. The molecule has 5 nitrogen and oxygen atoms in total. The van der Waals surface area contributed by atoms with Gasteiger partial charge in [-0.25, -0.2) is 12.8 Å². The first kappa shape index (κ1) is 17.6. The average Bonchev–Trinajstić information content (AvgIpc) is 3.02. The van der Waals surface area contributed by atoms with E-state index < -0.39 is 27.8 Å². The number of carbonyl (C=O) groups is 1. The molecule has 1 amide bonds. The highest BCUT2D eigenvalue weighted by molar-refractivity contribution is 7.89. The number of carbonyl (C=O) groups excluding carboxylic acids is 1. The second kappa shape index (κ2) is 6.93. The molecule has 0 saturated carbocycles. The van der Waals surface area contributed by atoms with Crippen LogP contribution in [0.15, 0.2) is 47.4 Å². The van der Waals surface area contributed by atoms with E-state index in [1.54, 1.807) is 0 Å². The van der Waals surface area contributed by atoms with Crippen LogP contribution in [0.3, 0.4) is 0 Å². The molecule has 0 unspecified atom stereocenters. The van der Waals surface area contributed by atoms with Gasteiger partial charge >= 0.3 is 0 Å². The zero-order valence-corrected chi connectivity index (χ0v) is 14.6. The minimum Gasteiger partial charge on any atom is -0.325 e. The topological polar surface area (TPSA) is 75.3 Å². The second-order valence-corrected chi connectivity index (χ2v) is 7.84. The van der Waals surface area contributed by atoms with Gasteiger partial charge in [-0.2, -0.15) is 4.72 Å². The number of amides is 1. The highest BCUT2D eigenvalue weighted by Gasteiger charge is 2.22. The SMILES string of the molecule is C[C@H](NS(=O)(=O)c1ccc(F)cc1)C(=O)Nc1ccc2c(c1)CCC2. The van der Waals surface area contributed by atoms with E-state index in [1.165, 1.54) is 18.1 Å². The van der Waals surface area contributed by atoms with Crippen molar-refractivity contribution in [3.8, 4) is 0 Å². The van der Waals surface area contributed by atoms with Crippen molar-refractivity contribution in [1.82, 2.24) is 4.72 Å². The molecule has 0 aliphatic heterocycles. The Bertz CT molecular complexity index is 895. The Morgan fingerprint density at radius 1 is 1.08 bits per heavy atom. The molecule has 7 heteroatoms. The van der Waals surface area contributed by atoms with Gasteiger partial charge in [-0.05, 0) is 73.7 Å². The quantitative estimate of drug-likeness (QED) is 0.859. The zero-order chi connectivity index (χ0) is 18.0. The van der Waals surface area contributed by atoms with Gasteiger partial charge < -0.3 is 5.32 Å². The van der Waals surface area contributed by atoms with E-state index in [2.05, 4.69) is 10.0 Å². The Kier molecular flexibility index (Phi) is 4.87. The van der Waals surface area contributed by atoms with Crippen LogP contribution in [0.1, 0.15) is 24.5 Å². The Labute approximate surface area is 146 Å². The van der Waals surface area contributed by atoms with Crippen LogP contribution in [0.4, 0.5) is 10.1 Å². The molecule has 0 fully saturated rings. The highest BCUT2D eigenvalue weighted by atomic mass is 32.2. The van der Waals surface area contributed by atoms with Crippen LogP contribution in [-0.2, 0) is 27.7 Å². The molecule has 0 saturated heterocycles. The van der Waals surface area contributed by atoms with E-state index in [0.717, 1.165) is 43.5 Å². The van der Waals surface area contributed by atoms with Gasteiger partial charge in [-0.1, -0.05) is 6.07 Å². The van der Waals surface area contributed by atoms with Crippen molar-refractivity contribution < 1.29 is 17.6 Å². The van der Waals surface area contributed by atoms with Gasteiger partial charge in [0.25, 0.3) is 0 Å². The number of halogens is 1. The molecule has 0 radical (unpaired) electrons. The van der Waals surface area contributed by atoms with Crippen LogP contribution in [0.5, 0.6) is 0 Å². The number of sulfonamides is 1. The number of hydrogen-bond donors (Lipinski definition) is 2. The van der Waals surface area contributed by atoms with Crippen molar-refractivity contribution in [3.63, 3.8) is 0 Å². The molecule has 1 atom stereocenters. The first-order chi connectivity index (χ1) is 11.8. The lowest BCUT2D eigenvalue weighted by atomic mass is 10.1. The van der Waals surface area contributed by atoms with Gasteiger partial charge in [0.05, 0.1) is 10.9 Å². The predicted octanol–water partition coefficient (Wildman–Crippen LogP) is 2.62. The summed E-state index contributed by atoms with van der Waals surface area (Å²) in [5.41, 5.74) is 3.17. The number of anilines is 1. The predicted molar refractivity (Wildman–Crippen MR) is 93.3 cm³/mol. The Balaban J connectivity index is 1.67. The Morgan fingerprint density at radius 3 is 2.48 bits per heavy atom. The fraction of sp³-hybridized carbons (Fsp3) is 0.278. The summed E-state index contributed by atoms with van der Waals surface area (Å²) < 4.78 is 39.7. The van der Waals surface area contributed by atoms with Crippen LogP contribution in [0, 0.1) is 5.82 Å². The van der Waals surface area contributed by atoms with Gasteiger partial charge in [-0.15, -0.1) is 0 Å². The summed E-state index contributed by atoms with van der Waals surface area (Å²) >= 11 is 0. The summed E-state index contributed by atoms with van der Waals surface area (Å²) in [5.74, 6) is -0.981. The minimum absolute atomic E-state index is 0.0916. The minimum atomic E-state index is -3.90. The molecular formula is C18H19FN2O3S. The third kappa shape index (κ3) is 4.05. The van der Waals surface area contributed by atoms with Crippen LogP contribution in [0.25, 0.3) is 0 Å². The summed E-state index contributed by atoms with van der Waals surface area (Å²) in [7, 11) is -3.90. The summed E-state index contributed by atoms with van der Waals surface area (Å²) in [6.45, 7) is 1.46. The fourth-order valence-electron chi connectivity index (χ4n) is 2.87. The fourth-order valence-corrected chi connectivity index (χ4v) is 4.07. The molecule has 25 heavy (non-hydrogen) atoms. The molecule has 0 aromatic heterocycles. The van der Waals surface area contributed by atoms with E-state index in [9.17, 15) is 17.6 Å². The van der Waals surface area contributed by atoms with Crippen LogP contribution >= 0.6 is 0 Å². The molecule has 2 aromatic rings. The zero-order valence-electron chi connectivity index (χ0n) is 13.8. The van der Waals surface area contributed by atoms with E-state index in [4.69, 9.17) is 0 Å². The normalized spacial score (nSPS) is 14.8. The van der Waals surface area contributed by atoms with Gasteiger partial charge in [0, 0.05) is 5.69 Å². The lowest BCUT2D eigenvalue weighted by Crippen LogP contribution is -2.41. The third-order valence-corrected chi connectivity index (χ3v) is 5.77. The lowest BCUT2D eigenvalue weighted by Gasteiger charge is -2.15. The first-order valence-corrected chi connectivity index (χ1v) is 9.54. The molecule has 0 bridgehead atoms. The van der Waals surface area contributed by atoms with E-state index in [0.29, 0.717) is 5.69 Å². The summed E-state index contributed by atoms with van der Waals surface area (Å²) in [4.78, 5) is 12.2. The first-order valence-electron chi connectivity index (χ1n) is 8.06. The number of fused-ring (bicyclic) bond motifs is 1. The second-order valence-electron chi connectivity index (χ2n) is 6.12. The number of hydrogen-bond acceptors (Lipinski definition) is 3. The molecule has 1 aliphatic carbocycles. The van der Waals surface area contributed by atoms with Crippen molar-refractivity contribution in [3.05, 3.63) is 59.4 Å².